The van der Waals surface area contributed by atoms with Crippen molar-refractivity contribution in [1.82, 2.24) is 10.6 Å². The van der Waals surface area contributed by atoms with E-state index in [0.29, 0.717) is 12.5 Å². The van der Waals surface area contributed by atoms with Crippen LogP contribution in [0.15, 0.2) is 0 Å². The van der Waals surface area contributed by atoms with Crippen LogP contribution in [0.1, 0.15) is 38.5 Å². The summed E-state index contributed by atoms with van der Waals surface area (Å²) in [5.41, 5.74) is -0.147. The average Bonchev–Trinajstić information content (AvgIpc) is 2.25. The summed E-state index contributed by atoms with van der Waals surface area (Å²) in [7, 11) is 1.72. The molecule has 4 heteroatoms. The minimum Gasteiger partial charge on any atom is -0.378 e. The number of methoxy groups -OCH3 is 1. The van der Waals surface area contributed by atoms with Crippen LogP contribution in [0.25, 0.3) is 0 Å². The zero-order chi connectivity index (χ0) is 11.4. The molecule has 2 rings (SSSR count). The molecule has 1 saturated heterocycles. The maximum Gasteiger partial charge on any atom is 0.223 e. The minimum absolute atomic E-state index is 0.147. The third-order valence-corrected chi connectivity index (χ3v) is 3.84. The summed E-state index contributed by atoms with van der Waals surface area (Å²) >= 11 is 0. The Hall–Kier alpha value is -0.610. The van der Waals surface area contributed by atoms with E-state index in [-0.39, 0.29) is 11.5 Å². The molecule has 1 aliphatic carbocycles. The van der Waals surface area contributed by atoms with Gasteiger partial charge in [0.05, 0.1) is 12.0 Å². The Kier molecular flexibility index (Phi) is 3.82. The fourth-order valence-electron chi connectivity index (χ4n) is 2.57. The molecule has 2 fully saturated rings. The molecule has 4 nitrogen and oxygen atoms in total. The zero-order valence-corrected chi connectivity index (χ0v) is 10.1. The Morgan fingerprint density at radius 1 is 1.50 bits per heavy atom. The molecule has 2 N–H and O–H groups in total. The molecule has 1 saturated carbocycles. The fraction of sp³-hybridized carbons (Fsp3) is 0.917. The molecule has 0 radical (unpaired) electrons. The first-order chi connectivity index (χ1) is 7.74. The molecule has 0 aromatic heterocycles. The van der Waals surface area contributed by atoms with E-state index in [1.165, 1.54) is 6.42 Å². The van der Waals surface area contributed by atoms with Crippen LogP contribution >= 0.6 is 0 Å². The second-order valence-corrected chi connectivity index (χ2v) is 5.03. The van der Waals surface area contributed by atoms with Gasteiger partial charge < -0.3 is 15.4 Å². The van der Waals surface area contributed by atoms with Gasteiger partial charge in [0.25, 0.3) is 0 Å². The van der Waals surface area contributed by atoms with Crippen molar-refractivity contribution in [1.29, 1.82) is 0 Å². The third-order valence-electron chi connectivity index (χ3n) is 3.84. The topological polar surface area (TPSA) is 50.4 Å². The fourth-order valence-corrected chi connectivity index (χ4v) is 2.57. The Morgan fingerprint density at radius 2 is 2.31 bits per heavy atom. The maximum atomic E-state index is 11.9. The number of carbonyl (C=O) groups excluding carboxylic acids is 1. The molecule has 1 atom stereocenters. The van der Waals surface area contributed by atoms with Crippen LogP contribution in [0, 0.1) is 0 Å². The normalized spacial score (nSPS) is 28.2. The predicted octanol–water partition coefficient (Wildman–Crippen LogP) is 0.814. The number of piperidine rings is 1. The first kappa shape index (κ1) is 11.9. The van der Waals surface area contributed by atoms with Crippen molar-refractivity contribution in [3.63, 3.8) is 0 Å². The van der Waals surface area contributed by atoms with Gasteiger partial charge in [0.1, 0.15) is 0 Å². The van der Waals surface area contributed by atoms with Crippen LogP contribution in [-0.4, -0.2) is 37.7 Å². The van der Waals surface area contributed by atoms with Crippen molar-refractivity contribution in [3.8, 4) is 0 Å². The van der Waals surface area contributed by atoms with Gasteiger partial charge in [0, 0.05) is 19.7 Å². The lowest BCUT2D eigenvalue weighted by Gasteiger charge is -2.40. The molecule has 0 unspecified atom stereocenters. The summed E-state index contributed by atoms with van der Waals surface area (Å²) < 4.78 is 5.46. The number of ether oxygens (including phenoxy) is 1. The highest BCUT2D eigenvalue weighted by atomic mass is 16.5. The van der Waals surface area contributed by atoms with Crippen molar-refractivity contribution in [2.75, 3.05) is 20.2 Å². The first-order valence-electron chi connectivity index (χ1n) is 6.29. The molecule has 1 aliphatic heterocycles. The summed E-state index contributed by atoms with van der Waals surface area (Å²) in [6, 6.07) is 0.315. The molecule has 1 amide bonds. The summed E-state index contributed by atoms with van der Waals surface area (Å²) in [6.45, 7) is 1.99. The Labute approximate surface area is 97.1 Å². The van der Waals surface area contributed by atoms with Gasteiger partial charge in [-0.15, -0.1) is 0 Å². The summed E-state index contributed by atoms with van der Waals surface area (Å²) in [5.74, 6) is 0.148. The lowest BCUT2D eigenvalue weighted by atomic mass is 9.77. The summed E-state index contributed by atoms with van der Waals surface area (Å²) in [4.78, 5) is 11.9. The van der Waals surface area contributed by atoms with Gasteiger partial charge in [0.2, 0.25) is 5.91 Å². The molecule has 2 aliphatic rings. The number of amides is 1. The molecule has 92 valence electrons. The van der Waals surface area contributed by atoms with Crippen molar-refractivity contribution < 1.29 is 9.53 Å². The van der Waals surface area contributed by atoms with E-state index in [9.17, 15) is 4.79 Å². The van der Waals surface area contributed by atoms with Crippen LogP contribution in [0.3, 0.4) is 0 Å². The van der Waals surface area contributed by atoms with E-state index in [0.717, 1.165) is 38.8 Å². The van der Waals surface area contributed by atoms with Gasteiger partial charge in [-0.05, 0) is 38.6 Å². The third kappa shape index (κ3) is 2.74. The molecule has 1 heterocycles. The predicted molar refractivity (Wildman–Crippen MR) is 62.2 cm³/mol. The second kappa shape index (κ2) is 5.15. The van der Waals surface area contributed by atoms with Crippen LogP contribution in [0.4, 0.5) is 0 Å². The Balaban J connectivity index is 1.74. The smallest absolute Gasteiger partial charge is 0.223 e. The minimum atomic E-state index is -0.147. The number of hydrogen-bond donors (Lipinski definition) is 2. The van der Waals surface area contributed by atoms with Gasteiger partial charge in [0.15, 0.2) is 0 Å². The zero-order valence-electron chi connectivity index (χ0n) is 10.1. The van der Waals surface area contributed by atoms with E-state index in [4.69, 9.17) is 4.74 Å². The summed E-state index contributed by atoms with van der Waals surface area (Å²) in [6.07, 6.45) is 6.02. The maximum absolute atomic E-state index is 11.9. The standard InChI is InChI=1S/C12H22N2O2/c1-16-12(5-3-6-12)8-11(15)14-10-4-2-7-13-9-10/h10,13H,2-9H2,1H3,(H,14,15)/t10-/m1/s1. The van der Waals surface area contributed by atoms with Gasteiger partial charge in [-0.25, -0.2) is 0 Å². The van der Waals surface area contributed by atoms with E-state index in [2.05, 4.69) is 10.6 Å². The molecule has 0 bridgehead atoms. The quantitative estimate of drug-likeness (QED) is 0.746. The number of hydrogen-bond acceptors (Lipinski definition) is 3. The highest BCUT2D eigenvalue weighted by Crippen LogP contribution is 2.37. The average molecular weight is 226 g/mol. The number of nitrogens with one attached hydrogen (secondary N) is 2. The van der Waals surface area contributed by atoms with E-state index in [1.54, 1.807) is 7.11 Å². The van der Waals surface area contributed by atoms with Crippen LogP contribution in [0.2, 0.25) is 0 Å². The summed E-state index contributed by atoms with van der Waals surface area (Å²) in [5, 5.41) is 6.39. The van der Waals surface area contributed by atoms with Crippen molar-refractivity contribution in [2.45, 2.75) is 50.2 Å². The van der Waals surface area contributed by atoms with Crippen LogP contribution in [-0.2, 0) is 9.53 Å². The Morgan fingerprint density at radius 3 is 2.81 bits per heavy atom. The highest BCUT2D eigenvalue weighted by Gasteiger charge is 2.39. The van der Waals surface area contributed by atoms with Crippen molar-refractivity contribution >= 4 is 5.91 Å². The van der Waals surface area contributed by atoms with Crippen LogP contribution in [0.5, 0.6) is 0 Å². The highest BCUT2D eigenvalue weighted by molar-refractivity contribution is 5.77. The Bertz CT molecular complexity index is 240. The van der Waals surface area contributed by atoms with E-state index < -0.39 is 0 Å². The first-order valence-corrected chi connectivity index (χ1v) is 6.29. The van der Waals surface area contributed by atoms with Gasteiger partial charge in [-0.3, -0.25) is 4.79 Å². The molecule has 16 heavy (non-hydrogen) atoms. The molecule has 0 aromatic rings. The van der Waals surface area contributed by atoms with E-state index in [1.807, 2.05) is 0 Å². The molecular formula is C12H22N2O2. The lowest BCUT2D eigenvalue weighted by Crippen LogP contribution is -2.49. The number of rotatable bonds is 4. The monoisotopic (exact) mass is 226 g/mol. The molecular weight excluding hydrogens is 204 g/mol. The van der Waals surface area contributed by atoms with Crippen molar-refractivity contribution in [2.24, 2.45) is 0 Å². The van der Waals surface area contributed by atoms with Crippen LogP contribution < -0.4 is 10.6 Å². The SMILES string of the molecule is COC1(CC(=O)N[C@@H]2CCCNC2)CCC1. The van der Waals surface area contributed by atoms with Gasteiger partial charge >= 0.3 is 0 Å². The molecule has 0 aromatic carbocycles. The lowest BCUT2D eigenvalue weighted by molar-refractivity contribution is -0.135. The van der Waals surface area contributed by atoms with Gasteiger partial charge in [-0.1, -0.05) is 0 Å². The second-order valence-electron chi connectivity index (χ2n) is 5.03. The van der Waals surface area contributed by atoms with Gasteiger partial charge in [-0.2, -0.15) is 0 Å². The molecule has 0 spiro atoms. The van der Waals surface area contributed by atoms with Crippen molar-refractivity contribution in [3.05, 3.63) is 0 Å². The van der Waals surface area contributed by atoms with E-state index >= 15 is 0 Å². The largest absolute Gasteiger partial charge is 0.378 e. The number of carbonyl (C=O) groups is 1.